The molecular weight excluding hydrogens is 705 g/mol. The van der Waals surface area contributed by atoms with E-state index < -0.39 is 0 Å². The Balaban J connectivity index is 1.23. The highest BCUT2D eigenvalue weighted by atomic mass is 15.2. The minimum absolute atomic E-state index is 0.633. The number of aromatic amines is 1. The van der Waals surface area contributed by atoms with E-state index in [2.05, 4.69) is 210 Å². The molecule has 58 heavy (non-hydrogen) atoms. The van der Waals surface area contributed by atoms with Crippen molar-refractivity contribution in [2.24, 2.45) is 0 Å². The molecule has 0 atom stereocenters. The van der Waals surface area contributed by atoms with Gasteiger partial charge in [-0.2, -0.15) is 0 Å². The quantitative estimate of drug-likeness (QED) is 0.191. The second kappa shape index (κ2) is 12.9. The predicted octanol–water partition coefficient (Wildman–Crippen LogP) is 14.2. The van der Waals surface area contributed by atoms with Crippen LogP contribution in [0.2, 0.25) is 0 Å². The maximum Gasteiger partial charge on any atom is 0.235 e. The van der Waals surface area contributed by atoms with E-state index in [1.54, 1.807) is 0 Å². The summed E-state index contributed by atoms with van der Waals surface area (Å²) in [5.41, 5.74) is 14.0. The molecule has 0 spiro atoms. The SMILES string of the molecule is c1ccc(-c2ccc3c(c2)c2cc4ccccc4cc2n3-c2nc(-c3cccc4[nH]c5ccccc5c34)c3cc(-c4ccccc4)c(-c4ccccc4)cc3n2)cc1. The van der Waals surface area contributed by atoms with Crippen LogP contribution in [-0.2, 0) is 0 Å². The minimum atomic E-state index is 0.633. The summed E-state index contributed by atoms with van der Waals surface area (Å²) in [5.74, 6) is 0.633. The summed E-state index contributed by atoms with van der Waals surface area (Å²) in [7, 11) is 0. The number of nitrogens with zero attached hydrogens (tertiary/aromatic N) is 3. The molecule has 0 amide bonds. The van der Waals surface area contributed by atoms with Crippen LogP contribution in [0, 0.1) is 0 Å². The van der Waals surface area contributed by atoms with Crippen LogP contribution in [0.3, 0.4) is 0 Å². The van der Waals surface area contributed by atoms with Gasteiger partial charge in [0.25, 0.3) is 0 Å². The van der Waals surface area contributed by atoms with Gasteiger partial charge in [-0.05, 0) is 92.7 Å². The average Bonchev–Trinajstić information content (AvgIpc) is 3.83. The fourth-order valence-corrected chi connectivity index (χ4v) is 9.01. The van der Waals surface area contributed by atoms with Crippen molar-refractivity contribution in [3.63, 3.8) is 0 Å². The Morgan fingerprint density at radius 3 is 1.74 bits per heavy atom. The van der Waals surface area contributed by atoms with Crippen LogP contribution >= 0.6 is 0 Å². The zero-order valence-corrected chi connectivity index (χ0v) is 31.4. The van der Waals surface area contributed by atoms with E-state index in [9.17, 15) is 0 Å². The highest BCUT2D eigenvalue weighted by molar-refractivity contribution is 6.17. The molecule has 0 aliphatic carbocycles. The summed E-state index contributed by atoms with van der Waals surface area (Å²) in [5, 5.41) is 8.02. The molecule has 3 aromatic heterocycles. The van der Waals surface area contributed by atoms with Crippen LogP contribution in [0.1, 0.15) is 0 Å². The minimum Gasteiger partial charge on any atom is -0.354 e. The number of nitrogens with one attached hydrogen (secondary N) is 1. The molecule has 3 heterocycles. The first-order chi connectivity index (χ1) is 28.7. The van der Waals surface area contributed by atoms with Crippen LogP contribution in [0.15, 0.2) is 200 Å². The van der Waals surface area contributed by atoms with Gasteiger partial charge in [0.2, 0.25) is 5.95 Å². The van der Waals surface area contributed by atoms with Crippen LogP contribution in [0.5, 0.6) is 0 Å². The second-order valence-corrected chi connectivity index (χ2v) is 15.1. The molecule has 9 aromatic carbocycles. The largest absolute Gasteiger partial charge is 0.354 e. The molecule has 0 aliphatic rings. The van der Waals surface area contributed by atoms with Gasteiger partial charge in [0.15, 0.2) is 0 Å². The smallest absolute Gasteiger partial charge is 0.235 e. The second-order valence-electron chi connectivity index (χ2n) is 15.1. The van der Waals surface area contributed by atoms with Gasteiger partial charge in [-0.1, -0.05) is 152 Å². The summed E-state index contributed by atoms with van der Waals surface area (Å²) in [6.45, 7) is 0. The lowest BCUT2D eigenvalue weighted by atomic mass is 9.91. The van der Waals surface area contributed by atoms with Gasteiger partial charge >= 0.3 is 0 Å². The number of para-hydroxylation sites is 1. The van der Waals surface area contributed by atoms with E-state index >= 15 is 0 Å². The zero-order chi connectivity index (χ0) is 38.2. The molecule has 12 rings (SSSR count). The number of H-pyrrole nitrogens is 1. The fourth-order valence-electron chi connectivity index (χ4n) is 9.01. The third kappa shape index (κ3) is 5.09. The summed E-state index contributed by atoms with van der Waals surface area (Å²) in [6, 6.07) is 71.6. The topological polar surface area (TPSA) is 46.5 Å². The Hall–Kier alpha value is -7.82. The van der Waals surface area contributed by atoms with Crippen molar-refractivity contribution in [1.29, 1.82) is 0 Å². The molecule has 1 N–H and O–H groups in total. The van der Waals surface area contributed by atoms with Crippen LogP contribution in [0.25, 0.3) is 116 Å². The lowest BCUT2D eigenvalue weighted by molar-refractivity contribution is 1.01. The van der Waals surface area contributed by atoms with Crippen LogP contribution in [0.4, 0.5) is 0 Å². The lowest BCUT2D eigenvalue weighted by Gasteiger charge is -2.17. The first-order valence-corrected chi connectivity index (χ1v) is 19.7. The van der Waals surface area contributed by atoms with E-state index in [1.165, 1.54) is 32.7 Å². The Labute approximate surface area is 334 Å². The summed E-state index contributed by atoms with van der Waals surface area (Å²) in [4.78, 5) is 14.9. The van der Waals surface area contributed by atoms with Crippen molar-refractivity contribution in [1.82, 2.24) is 19.5 Å². The third-order valence-electron chi connectivity index (χ3n) is 11.7. The molecular formula is C54H34N4. The van der Waals surface area contributed by atoms with Crippen LogP contribution in [-0.4, -0.2) is 19.5 Å². The number of benzene rings is 9. The molecule has 0 fully saturated rings. The summed E-state index contributed by atoms with van der Waals surface area (Å²) >= 11 is 0. The molecule has 4 heteroatoms. The standard InChI is InChI=1S/C54H34N4/c1-4-15-34(16-5-1)39-27-28-50-44(30-39)45-29-37-21-10-11-22-38(37)31-51(45)58(50)54-56-49-33-43(36-19-8-3-9-20-36)42(35-17-6-2-7-18-35)32-46(49)53(57-54)41-24-14-26-48-52(41)40-23-12-13-25-47(40)55-48/h1-33,55H. The molecule has 0 radical (unpaired) electrons. The van der Waals surface area contributed by atoms with Crippen molar-refractivity contribution < 1.29 is 0 Å². The third-order valence-corrected chi connectivity index (χ3v) is 11.7. The number of aromatic nitrogens is 4. The Morgan fingerprint density at radius 1 is 0.362 bits per heavy atom. The monoisotopic (exact) mass is 738 g/mol. The molecule has 270 valence electrons. The van der Waals surface area contributed by atoms with E-state index in [1.807, 2.05) is 0 Å². The molecule has 0 saturated carbocycles. The van der Waals surface area contributed by atoms with E-state index in [-0.39, 0.29) is 0 Å². The lowest BCUT2D eigenvalue weighted by Crippen LogP contribution is -2.04. The number of fused-ring (bicyclic) bond motifs is 8. The maximum atomic E-state index is 5.69. The molecule has 12 aromatic rings. The van der Waals surface area contributed by atoms with Crippen molar-refractivity contribution in [3.8, 4) is 50.6 Å². The Bertz CT molecular complexity index is 3550. The summed E-state index contributed by atoms with van der Waals surface area (Å²) in [6.07, 6.45) is 0. The predicted molar refractivity (Wildman–Crippen MR) is 242 cm³/mol. The molecule has 4 nitrogen and oxygen atoms in total. The summed E-state index contributed by atoms with van der Waals surface area (Å²) < 4.78 is 2.28. The van der Waals surface area contributed by atoms with Gasteiger partial charge in [0.1, 0.15) is 0 Å². The van der Waals surface area contributed by atoms with Gasteiger partial charge in [0.05, 0.1) is 22.2 Å². The van der Waals surface area contributed by atoms with E-state index in [0.29, 0.717) is 5.95 Å². The van der Waals surface area contributed by atoms with Gasteiger partial charge in [0, 0.05) is 43.5 Å². The average molecular weight is 739 g/mol. The Kier molecular flexibility index (Phi) is 7.20. The first-order valence-electron chi connectivity index (χ1n) is 19.7. The highest BCUT2D eigenvalue weighted by Gasteiger charge is 2.22. The van der Waals surface area contributed by atoms with Gasteiger partial charge in [-0.15, -0.1) is 0 Å². The molecule has 0 saturated heterocycles. The number of hydrogen-bond acceptors (Lipinski definition) is 2. The molecule has 0 aliphatic heterocycles. The zero-order valence-electron chi connectivity index (χ0n) is 31.4. The first kappa shape index (κ1) is 32.4. The fraction of sp³-hybridized carbons (Fsp3) is 0. The van der Waals surface area contributed by atoms with Gasteiger partial charge < -0.3 is 4.98 Å². The van der Waals surface area contributed by atoms with Crippen molar-refractivity contribution in [2.75, 3.05) is 0 Å². The molecule has 0 bridgehead atoms. The number of hydrogen-bond donors (Lipinski definition) is 1. The van der Waals surface area contributed by atoms with Gasteiger partial charge in [-0.25, -0.2) is 9.97 Å². The van der Waals surface area contributed by atoms with E-state index in [0.717, 1.165) is 77.3 Å². The van der Waals surface area contributed by atoms with Gasteiger partial charge in [-0.3, -0.25) is 4.57 Å². The number of rotatable bonds is 5. The van der Waals surface area contributed by atoms with Crippen molar-refractivity contribution in [3.05, 3.63) is 200 Å². The van der Waals surface area contributed by atoms with Crippen LogP contribution < -0.4 is 0 Å². The molecule has 0 unspecified atom stereocenters. The Morgan fingerprint density at radius 2 is 0.983 bits per heavy atom. The van der Waals surface area contributed by atoms with Crippen molar-refractivity contribution in [2.45, 2.75) is 0 Å². The maximum absolute atomic E-state index is 5.69. The highest BCUT2D eigenvalue weighted by Crippen LogP contribution is 2.43. The van der Waals surface area contributed by atoms with Crippen molar-refractivity contribution >= 4 is 65.3 Å². The normalized spacial score (nSPS) is 11.8. The van der Waals surface area contributed by atoms with E-state index in [4.69, 9.17) is 9.97 Å².